The monoisotopic (exact) mass is 243 g/mol. The van der Waals surface area contributed by atoms with Gasteiger partial charge in [-0.05, 0) is 49.7 Å². The van der Waals surface area contributed by atoms with Crippen molar-refractivity contribution in [2.75, 3.05) is 7.05 Å². The molecular weight excluding hydrogens is 225 g/mol. The summed E-state index contributed by atoms with van der Waals surface area (Å²) in [6, 6.07) is 11.4. The van der Waals surface area contributed by atoms with Crippen LogP contribution in [0.2, 0.25) is 0 Å². The predicted molar refractivity (Wildman–Crippen MR) is 74.1 cm³/mol. The summed E-state index contributed by atoms with van der Waals surface area (Å²) in [5.74, 6) is -0.165. The zero-order valence-electron chi connectivity index (χ0n) is 11.0. The lowest BCUT2D eigenvalue weighted by atomic mass is 9.97. The minimum absolute atomic E-state index is 0.165. The second kappa shape index (κ2) is 5.32. The molecule has 1 N–H and O–H groups in total. The molecule has 0 heterocycles. The Kier molecular flexibility index (Phi) is 3.78. The number of halogens is 1. The molecule has 2 rings (SSSR count). The van der Waals surface area contributed by atoms with E-state index in [1.54, 1.807) is 6.07 Å². The van der Waals surface area contributed by atoms with Gasteiger partial charge >= 0.3 is 0 Å². The van der Waals surface area contributed by atoms with Crippen LogP contribution < -0.4 is 5.32 Å². The Morgan fingerprint density at radius 2 is 1.78 bits per heavy atom. The van der Waals surface area contributed by atoms with Crippen molar-refractivity contribution in [3.63, 3.8) is 0 Å². The lowest BCUT2D eigenvalue weighted by molar-refractivity contribution is 0.630. The van der Waals surface area contributed by atoms with Gasteiger partial charge in [0.1, 0.15) is 5.82 Å². The molecule has 0 saturated heterocycles. The zero-order valence-corrected chi connectivity index (χ0v) is 11.0. The van der Waals surface area contributed by atoms with Crippen LogP contribution in [0.25, 0.3) is 11.1 Å². The van der Waals surface area contributed by atoms with Crippen molar-refractivity contribution in [2.45, 2.75) is 20.4 Å². The van der Waals surface area contributed by atoms with Gasteiger partial charge in [-0.1, -0.05) is 29.8 Å². The SMILES string of the molecule is CNCc1ccc(F)c(-c2ccc(C)cc2C)c1. The van der Waals surface area contributed by atoms with E-state index < -0.39 is 0 Å². The Bertz CT molecular complexity index is 561. The van der Waals surface area contributed by atoms with E-state index in [4.69, 9.17) is 0 Å². The summed E-state index contributed by atoms with van der Waals surface area (Å²) in [5.41, 5.74) is 5.05. The molecule has 2 aromatic rings. The van der Waals surface area contributed by atoms with Gasteiger partial charge in [-0.25, -0.2) is 4.39 Å². The van der Waals surface area contributed by atoms with Crippen molar-refractivity contribution in [1.82, 2.24) is 5.32 Å². The van der Waals surface area contributed by atoms with Crippen LogP contribution in [0.5, 0.6) is 0 Å². The van der Waals surface area contributed by atoms with Gasteiger partial charge in [-0.2, -0.15) is 0 Å². The van der Waals surface area contributed by atoms with Gasteiger partial charge in [0, 0.05) is 12.1 Å². The Hall–Kier alpha value is -1.67. The molecule has 0 radical (unpaired) electrons. The topological polar surface area (TPSA) is 12.0 Å². The van der Waals surface area contributed by atoms with Crippen LogP contribution in [0.3, 0.4) is 0 Å². The van der Waals surface area contributed by atoms with Crippen LogP contribution in [-0.4, -0.2) is 7.05 Å². The van der Waals surface area contributed by atoms with Crippen molar-refractivity contribution in [1.29, 1.82) is 0 Å². The van der Waals surface area contributed by atoms with Crippen LogP contribution in [-0.2, 0) is 6.54 Å². The van der Waals surface area contributed by atoms with E-state index in [9.17, 15) is 4.39 Å². The van der Waals surface area contributed by atoms with Gasteiger partial charge in [0.15, 0.2) is 0 Å². The van der Waals surface area contributed by atoms with Crippen molar-refractivity contribution in [3.05, 3.63) is 58.9 Å². The van der Waals surface area contributed by atoms with Gasteiger partial charge in [-0.15, -0.1) is 0 Å². The molecule has 0 unspecified atom stereocenters. The molecule has 0 atom stereocenters. The number of aryl methyl sites for hydroxylation is 2. The molecule has 0 spiro atoms. The fraction of sp³-hybridized carbons (Fsp3) is 0.250. The van der Waals surface area contributed by atoms with Gasteiger partial charge in [0.2, 0.25) is 0 Å². The van der Waals surface area contributed by atoms with E-state index in [0.29, 0.717) is 5.56 Å². The number of hydrogen-bond acceptors (Lipinski definition) is 1. The highest BCUT2D eigenvalue weighted by molar-refractivity contribution is 5.68. The fourth-order valence-corrected chi connectivity index (χ4v) is 2.21. The van der Waals surface area contributed by atoms with Gasteiger partial charge in [0.05, 0.1) is 0 Å². The maximum atomic E-state index is 14.0. The van der Waals surface area contributed by atoms with Crippen molar-refractivity contribution < 1.29 is 4.39 Å². The van der Waals surface area contributed by atoms with E-state index in [2.05, 4.69) is 11.4 Å². The molecule has 18 heavy (non-hydrogen) atoms. The van der Waals surface area contributed by atoms with Gasteiger partial charge in [-0.3, -0.25) is 0 Å². The third kappa shape index (κ3) is 2.59. The van der Waals surface area contributed by atoms with Gasteiger partial charge in [0.25, 0.3) is 0 Å². The third-order valence-corrected chi connectivity index (χ3v) is 3.08. The van der Waals surface area contributed by atoms with Gasteiger partial charge < -0.3 is 5.32 Å². The summed E-state index contributed by atoms with van der Waals surface area (Å²) >= 11 is 0. The van der Waals surface area contributed by atoms with E-state index in [0.717, 1.165) is 23.2 Å². The maximum Gasteiger partial charge on any atom is 0.131 e. The van der Waals surface area contributed by atoms with Crippen molar-refractivity contribution >= 4 is 0 Å². The molecule has 2 aromatic carbocycles. The third-order valence-electron chi connectivity index (χ3n) is 3.08. The lowest BCUT2D eigenvalue weighted by Crippen LogP contribution is -2.05. The Morgan fingerprint density at radius 3 is 2.44 bits per heavy atom. The first kappa shape index (κ1) is 12.8. The second-order valence-corrected chi connectivity index (χ2v) is 4.66. The second-order valence-electron chi connectivity index (χ2n) is 4.66. The molecule has 0 aromatic heterocycles. The van der Waals surface area contributed by atoms with Crippen LogP contribution in [0, 0.1) is 19.7 Å². The highest BCUT2D eigenvalue weighted by atomic mass is 19.1. The van der Waals surface area contributed by atoms with E-state index >= 15 is 0 Å². The molecule has 0 fully saturated rings. The summed E-state index contributed by atoms with van der Waals surface area (Å²) in [6.45, 7) is 4.81. The van der Waals surface area contributed by atoms with E-state index in [-0.39, 0.29) is 5.82 Å². The molecular formula is C16H18FN. The first-order valence-corrected chi connectivity index (χ1v) is 6.12. The number of hydrogen-bond donors (Lipinski definition) is 1. The highest BCUT2D eigenvalue weighted by Crippen LogP contribution is 2.27. The highest BCUT2D eigenvalue weighted by Gasteiger charge is 2.08. The predicted octanol–water partition coefficient (Wildman–Crippen LogP) is 3.83. The normalized spacial score (nSPS) is 10.7. The molecule has 0 aliphatic rings. The average Bonchev–Trinajstić information content (AvgIpc) is 2.33. The largest absolute Gasteiger partial charge is 0.316 e. The zero-order chi connectivity index (χ0) is 13.1. The summed E-state index contributed by atoms with van der Waals surface area (Å²) in [5, 5.41) is 3.08. The van der Waals surface area contributed by atoms with Crippen molar-refractivity contribution in [3.8, 4) is 11.1 Å². The summed E-state index contributed by atoms with van der Waals surface area (Å²) in [4.78, 5) is 0. The lowest BCUT2D eigenvalue weighted by Gasteiger charge is -2.10. The summed E-state index contributed by atoms with van der Waals surface area (Å²) in [7, 11) is 1.89. The fourth-order valence-electron chi connectivity index (χ4n) is 2.21. The maximum absolute atomic E-state index is 14.0. The molecule has 2 heteroatoms. The van der Waals surface area contributed by atoms with Crippen LogP contribution in [0.4, 0.5) is 4.39 Å². The van der Waals surface area contributed by atoms with E-state index in [1.165, 1.54) is 5.56 Å². The van der Waals surface area contributed by atoms with Crippen molar-refractivity contribution in [2.24, 2.45) is 0 Å². The number of nitrogens with one attached hydrogen (secondary N) is 1. The Morgan fingerprint density at radius 1 is 1.00 bits per heavy atom. The number of rotatable bonds is 3. The van der Waals surface area contributed by atoms with Crippen LogP contribution >= 0.6 is 0 Å². The first-order valence-electron chi connectivity index (χ1n) is 6.12. The molecule has 0 bridgehead atoms. The average molecular weight is 243 g/mol. The smallest absolute Gasteiger partial charge is 0.131 e. The van der Waals surface area contributed by atoms with Crippen LogP contribution in [0.15, 0.2) is 36.4 Å². The summed E-state index contributed by atoms with van der Waals surface area (Å²) < 4.78 is 14.0. The molecule has 94 valence electrons. The minimum Gasteiger partial charge on any atom is -0.316 e. The van der Waals surface area contributed by atoms with E-state index in [1.807, 2.05) is 45.2 Å². The molecule has 0 saturated carbocycles. The molecule has 1 nitrogen and oxygen atoms in total. The molecule has 0 aliphatic carbocycles. The van der Waals surface area contributed by atoms with Crippen LogP contribution in [0.1, 0.15) is 16.7 Å². The standard InChI is InChI=1S/C16H18FN/c1-11-4-6-14(12(2)8-11)15-9-13(10-18-3)5-7-16(15)17/h4-9,18H,10H2,1-3H3. The molecule has 0 aliphatic heterocycles. The summed E-state index contributed by atoms with van der Waals surface area (Å²) in [6.07, 6.45) is 0. The Balaban J connectivity index is 2.51. The first-order chi connectivity index (χ1) is 8.61. The molecule has 0 amide bonds. The Labute approximate surface area is 108 Å². The number of benzene rings is 2. The quantitative estimate of drug-likeness (QED) is 0.864. The minimum atomic E-state index is -0.165.